The molecule has 1 heterocycles. The molecule has 1 N–H and O–H groups in total. The van der Waals surface area contributed by atoms with Gasteiger partial charge in [0.1, 0.15) is 6.04 Å². The van der Waals surface area contributed by atoms with Crippen LogP contribution in [0.3, 0.4) is 0 Å². The van der Waals surface area contributed by atoms with E-state index in [1.807, 2.05) is 62.1 Å². The lowest BCUT2D eigenvalue weighted by Gasteiger charge is -2.37. The van der Waals surface area contributed by atoms with E-state index in [2.05, 4.69) is 22.3 Å². The average molecular weight is 398 g/mol. The Morgan fingerprint density at radius 1 is 0.966 bits per heavy atom. The molecule has 2 aromatic rings. The van der Waals surface area contributed by atoms with Gasteiger partial charge in [-0.15, -0.1) is 0 Å². The number of rotatable bonds is 8. The lowest BCUT2D eigenvalue weighted by Crippen LogP contribution is -2.52. The molecule has 0 saturated carbocycles. The van der Waals surface area contributed by atoms with Gasteiger partial charge in [0.15, 0.2) is 11.5 Å². The summed E-state index contributed by atoms with van der Waals surface area (Å²) in [4.78, 5) is 17.2. The molecule has 6 heteroatoms. The first-order chi connectivity index (χ1) is 14.1. The van der Waals surface area contributed by atoms with Crippen molar-refractivity contribution >= 4 is 17.3 Å². The normalized spacial score (nSPS) is 15.0. The van der Waals surface area contributed by atoms with Gasteiger partial charge in [0.2, 0.25) is 5.91 Å². The molecule has 29 heavy (non-hydrogen) atoms. The van der Waals surface area contributed by atoms with Gasteiger partial charge in [0.25, 0.3) is 0 Å². The van der Waals surface area contributed by atoms with E-state index in [-0.39, 0.29) is 11.9 Å². The quantitative estimate of drug-likeness (QED) is 0.737. The Hall–Kier alpha value is -2.89. The highest BCUT2D eigenvalue weighted by Gasteiger charge is 2.25. The van der Waals surface area contributed by atoms with Gasteiger partial charge in [-0.2, -0.15) is 0 Å². The first-order valence-corrected chi connectivity index (χ1v) is 10.4. The first kappa shape index (κ1) is 20.8. The topological polar surface area (TPSA) is 54.0 Å². The van der Waals surface area contributed by atoms with E-state index in [9.17, 15) is 4.79 Å². The van der Waals surface area contributed by atoms with E-state index in [1.54, 1.807) is 0 Å². The van der Waals surface area contributed by atoms with Crippen LogP contribution in [0.4, 0.5) is 11.4 Å². The number of carbonyl (C=O) groups is 1. The van der Waals surface area contributed by atoms with E-state index >= 15 is 0 Å². The fraction of sp³-hybridized carbons (Fsp3) is 0.435. The molecule has 1 saturated heterocycles. The number of benzene rings is 2. The van der Waals surface area contributed by atoms with Crippen LogP contribution in [0, 0.1) is 0 Å². The molecule has 1 amide bonds. The molecule has 3 rings (SSSR count). The molecule has 0 spiro atoms. The molecule has 6 nitrogen and oxygen atoms in total. The average Bonchev–Trinajstić information content (AvgIpc) is 2.76. The molecule has 0 aromatic heterocycles. The molecule has 1 atom stereocenters. The molecular weight excluding hydrogens is 366 g/mol. The number of anilines is 2. The Balaban J connectivity index is 1.57. The third-order valence-corrected chi connectivity index (χ3v) is 5.01. The summed E-state index contributed by atoms with van der Waals surface area (Å²) >= 11 is 0. The Bertz CT molecular complexity index is 789. The number of nitrogens with one attached hydrogen (secondary N) is 1. The Morgan fingerprint density at radius 3 is 2.28 bits per heavy atom. The minimum Gasteiger partial charge on any atom is -0.490 e. The summed E-state index contributed by atoms with van der Waals surface area (Å²) in [6, 6.07) is 15.7. The maximum atomic E-state index is 12.9. The molecule has 1 unspecified atom stereocenters. The van der Waals surface area contributed by atoms with Gasteiger partial charge in [0.05, 0.1) is 13.2 Å². The smallest absolute Gasteiger partial charge is 0.244 e. The zero-order chi connectivity index (χ0) is 20.6. The minimum atomic E-state index is -0.314. The number of nitrogens with zero attached hydrogens (tertiary/aromatic N) is 2. The highest BCUT2D eigenvalue weighted by Crippen LogP contribution is 2.31. The van der Waals surface area contributed by atoms with Crippen molar-refractivity contribution in [1.82, 2.24) is 4.90 Å². The van der Waals surface area contributed by atoms with Crippen LogP contribution >= 0.6 is 0 Å². The van der Waals surface area contributed by atoms with Gasteiger partial charge >= 0.3 is 0 Å². The van der Waals surface area contributed by atoms with Crippen molar-refractivity contribution in [1.29, 1.82) is 0 Å². The van der Waals surface area contributed by atoms with Crippen LogP contribution in [-0.2, 0) is 4.79 Å². The summed E-state index contributed by atoms with van der Waals surface area (Å²) < 4.78 is 11.3. The summed E-state index contributed by atoms with van der Waals surface area (Å²) in [6.45, 7) is 10.1. The van der Waals surface area contributed by atoms with Crippen LogP contribution in [0.15, 0.2) is 48.5 Å². The predicted octanol–water partition coefficient (Wildman–Crippen LogP) is 3.63. The highest BCUT2D eigenvalue weighted by molar-refractivity contribution is 5.84. The summed E-state index contributed by atoms with van der Waals surface area (Å²) in [6.07, 6.45) is 0. The van der Waals surface area contributed by atoms with E-state index in [1.165, 1.54) is 5.69 Å². The lowest BCUT2D eigenvalue weighted by atomic mass is 10.2. The van der Waals surface area contributed by atoms with Crippen molar-refractivity contribution in [3.63, 3.8) is 0 Å². The largest absolute Gasteiger partial charge is 0.490 e. The maximum Gasteiger partial charge on any atom is 0.244 e. The fourth-order valence-corrected chi connectivity index (χ4v) is 3.55. The van der Waals surface area contributed by atoms with Crippen LogP contribution in [-0.4, -0.2) is 56.2 Å². The second kappa shape index (κ2) is 10.0. The fourth-order valence-electron chi connectivity index (χ4n) is 3.55. The van der Waals surface area contributed by atoms with Crippen molar-refractivity contribution < 1.29 is 14.3 Å². The van der Waals surface area contributed by atoms with Crippen molar-refractivity contribution in [2.24, 2.45) is 0 Å². The van der Waals surface area contributed by atoms with Crippen LogP contribution in [0.1, 0.15) is 20.8 Å². The number of piperazine rings is 1. The minimum absolute atomic E-state index is 0.115. The predicted molar refractivity (Wildman–Crippen MR) is 117 cm³/mol. The van der Waals surface area contributed by atoms with Gasteiger partial charge in [0, 0.05) is 43.6 Å². The molecule has 0 radical (unpaired) electrons. The number of hydrogen-bond acceptors (Lipinski definition) is 5. The standard InChI is InChI=1S/C23H31N3O3/c1-4-28-21-12-11-19(17-22(21)29-5-2)24-18(3)23(27)26-15-13-25(14-16-26)20-9-7-6-8-10-20/h6-12,17-18,24H,4-5,13-16H2,1-3H3. The summed E-state index contributed by atoms with van der Waals surface area (Å²) in [5.74, 6) is 1.52. The Labute approximate surface area is 173 Å². The van der Waals surface area contributed by atoms with E-state index < -0.39 is 0 Å². The lowest BCUT2D eigenvalue weighted by molar-refractivity contribution is -0.131. The number of para-hydroxylation sites is 1. The van der Waals surface area contributed by atoms with E-state index in [0.29, 0.717) is 19.0 Å². The second-order valence-corrected chi connectivity index (χ2v) is 7.04. The number of amides is 1. The van der Waals surface area contributed by atoms with Crippen LogP contribution < -0.4 is 19.7 Å². The molecule has 1 aliphatic rings. The van der Waals surface area contributed by atoms with Gasteiger partial charge in [-0.05, 0) is 45.0 Å². The second-order valence-electron chi connectivity index (χ2n) is 7.04. The van der Waals surface area contributed by atoms with Crippen LogP contribution in [0.2, 0.25) is 0 Å². The SMILES string of the molecule is CCOc1ccc(NC(C)C(=O)N2CCN(c3ccccc3)CC2)cc1OCC. The third kappa shape index (κ3) is 5.34. The highest BCUT2D eigenvalue weighted by atomic mass is 16.5. The van der Waals surface area contributed by atoms with E-state index in [0.717, 1.165) is 37.6 Å². The molecule has 0 bridgehead atoms. The monoisotopic (exact) mass is 397 g/mol. The van der Waals surface area contributed by atoms with Crippen LogP contribution in [0.5, 0.6) is 11.5 Å². The van der Waals surface area contributed by atoms with Crippen molar-refractivity contribution in [2.45, 2.75) is 26.8 Å². The van der Waals surface area contributed by atoms with Gasteiger partial charge in [-0.3, -0.25) is 4.79 Å². The summed E-state index contributed by atoms with van der Waals surface area (Å²) in [5.41, 5.74) is 2.06. The zero-order valence-electron chi connectivity index (χ0n) is 17.6. The van der Waals surface area contributed by atoms with Crippen molar-refractivity contribution in [2.75, 3.05) is 49.6 Å². The first-order valence-electron chi connectivity index (χ1n) is 10.4. The molecule has 2 aromatic carbocycles. The summed E-state index contributed by atoms with van der Waals surface area (Å²) in [5, 5.41) is 3.31. The molecule has 156 valence electrons. The number of ether oxygens (including phenoxy) is 2. The summed E-state index contributed by atoms with van der Waals surface area (Å²) in [7, 11) is 0. The zero-order valence-corrected chi connectivity index (χ0v) is 17.6. The van der Waals surface area contributed by atoms with Crippen molar-refractivity contribution in [3.05, 3.63) is 48.5 Å². The number of hydrogen-bond donors (Lipinski definition) is 1. The third-order valence-electron chi connectivity index (χ3n) is 5.01. The van der Waals surface area contributed by atoms with Gasteiger partial charge in [-0.1, -0.05) is 18.2 Å². The Kier molecular flexibility index (Phi) is 7.22. The Morgan fingerprint density at radius 2 is 1.62 bits per heavy atom. The molecule has 1 aliphatic heterocycles. The van der Waals surface area contributed by atoms with Gasteiger partial charge < -0.3 is 24.6 Å². The van der Waals surface area contributed by atoms with Gasteiger partial charge in [-0.25, -0.2) is 0 Å². The molecule has 0 aliphatic carbocycles. The maximum absolute atomic E-state index is 12.9. The molecule has 1 fully saturated rings. The van der Waals surface area contributed by atoms with E-state index in [4.69, 9.17) is 9.47 Å². The van der Waals surface area contributed by atoms with Crippen LogP contribution in [0.25, 0.3) is 0 Å². The number of carbonyl (C=O) groups excluding carboxylic acids is 1. The van der Waals surface area contributed by atoms with Crippen molar-refractivity contribution in [3.8, 4) is 11.5 Å². The molecular formula is C23H31N3O3.